The predicted molar refractivity (Wildman–Crippen MR) is 64.2 cm³/mol. The van der Waals surface area contributed by atoms with Crippen LogP contribution in [0.5, 0.6) is 0 Å². The molecule has 1 saturated carbocycles. The molecule has 1 fully saturated rings. The minimum Gasteiger partial charge on any atom is -0.198 e. The highest BCUT2D eigenvalue weighted by Crippen LogP contribution is 2.42. The van der Waals surface area contributed by atoms with Crippen LogP contribution in [0.1, 0.15) is 48.3 Å². The number of nitriles is 1. The summed E-state index contributed by atoms with van der Waals surface area (Å²) in [5.74, 6) is 0.805. The first-order valence-corrected chi connectivity index (χ1v) is 6.40. The highest BCUT2D eigenvalue weighted by Gasteiger charge is 2.32. The molecule has 16 heavy (non-hydrogen) atoms. The van der Waals surface area contributed by atoms with E-state index in [1.54, 1.807) is 0 Å². The highest BCUT2D eigenvalue weighted by molar-refractivity contribution is 5.38. The van der Waals surface area contributed by atoms with E-state index in [1.807, 2.05) is 0 Å². The molecule has 0 aromatic heterocycles. The van der Waals surface area contributed by atoms with Crippen LogP contribution in [0.15, 0.2) is 18.2 Å². The van der Waals surface area contributed by atoms with E-state index in [0.717, 1.165) is 0 Å². The summed E-state index contributed by atoms with van der Waals surface area (Å²) in [5, 5.41) is 9.24. The molecular weight excluding hydrogens is 194 g/mol. The summed E-state index contributed by atoms with van der Waals surface area (Å²) in [4.78, 5) is 0. The van der Waals surface area contributed by atoms with Crippen molar-refractivity contribution in [2.45, 2.75) is 44.4 Å². The van der Waals surface area contributed by atoms with E-state index in [-0.39, 0.29) is 5.92 Å². The summed E-state index contributed by atoms with van der Waals surface area (Å²) in [6.07, 6.45) is 7.58. The molecule has 1 nitrogen and oxygen atoms in total. The minimum atomic E-state index is 0.159. The zero-order valence-electron chi connectivity index (χ0n) is 9.58. The second-order valence-electron chi connectivity index (χ2n) is 5.18. The van der Waals surface area contributed by atoms with Gasteiger partial charge in [-0.3, -0.25) is 0 Å². The molecule has 0 aliphatic heterocycles. The predicted octanol–water partition coefficient (Wildman–Crippen LogP) is 3.58. The smallest absolute Gasteiger partial charge is 0.0741 e. The van der Waals surface area contributed by atoms with Crippen molar-refractivity contribution in [2.75, 3.05) is 0 Å². The average molecular weight is 211 g/mol. The molecule has 0 N–H and O–H groups in total. The summed E-state index contributed by atoms with van der Waals surface area (Å²) >= 11 is 0. The number of rotatable bonds is 2. The van der Waals surface area contributed by atoms with Crippen LogP contribution in [0.3, 0.4) is 0 Å². The van der Waals surface area contributed by atoms with Gasteiger partial charge < -0.3 is 0 Å². The lowest BCUT2D eigenvalue weighted by atomic mass is 9.86. The van der Waals surface area contributed by atoms with Crippen molar-refractivity contribution in [3.63, 3.8) is 0 Å². The second kappa shape index (κ2) is 3.94. The van der Waals surface area contributed by atoms with E-state index in [1.165, 1.54) is 55.2 Å². The van der Waals surface area contributed by atoms with Gasteiger partial charge in [-0.1, -0.05) is 18.2 Å². The van der Waals surface area contributed by atoms with Crippen LogP contribution >= 0.6 is 0 Å². The van der Waals surface area contributed by atoms with Gasteiger partial charge in [0.25, 0.3) is 0 Å². The molecule has 1 aromatic carbocycles. The molecule has 2 aliphatic carbocycles. The van der Waals surface area contributed by atoms with Gasteiger partial charge in [0.15, 0.2) is 0 Å². The monoisotopic (exact) mass is 211 g/mol. The van der Waals surface area contributed by atoms with Gasteiger partial charge in [-0.05, 0) is 61.1 Å². The van der Waals surface area contributed by atoms with Crippen LogP contribution < -0.4 is 0 Å². The normalized spacial score (nSPS) is 20.9. The van der Waals surface area contributed by atoms with E-state index in [2.05, 4.69) is 24.3 Å². The van der Waals surface area contributed by atoms with Crippen molar-refractivity contribution in [2.24, 2.45) is 5.92 Å². The van der Waals surface area contributed by atoms with Crippen molar-refractivity contribution in [1.82, 2.24) is 0 Å². The van der Waals surface area contributed by atoms with Crippen LogP contribution in [0, 0.1) is 17.2 Å². The van der Waals surface area contributed by atoms with Crippen LogP contribution in [-0.2, 0) is 12.8 Å². The Bertz CT molecular complexity index is 437. The number of fused-ring (bicyclic) bond motifs is 1. The SMILES string of the molecule is N#CC(c1ccc2c(c1)CCCC2)C1CC1. The molecule has 0 spiro atoms. The Morgan fingerprint density at radius 3 is 2.56 bits per heavy atom. The van der Waals surface area contributed by atoms with Gasteiger partial charge in [-0.2, -0.15) is 5.26 Å². The summed E-state index contributed by atoms with van der Waals surface area (Å²) in [7, 11) is 0. The van der Waals surface area contributed by atoms with Crippen LogP contribution in [0.25, 0.3) is 0 Å². The molecule has 0 heterocycles. The Hall–Kier alpha value is -1.29. The molecule has 1 unspecified atom stereocenters. The fourth-order valence-corrected chi connectivity index (χ4v) is 2.83. The van der Waals surface area contributed by atoms with Crippen molar-refractivity contribution in [3.05, 3.63) is 34.9 Å². The van der Waals surface area contributed by atoms with Crippen LogP contribution in [0.2, 0.25) is 0 Å². The fourth-order valence-electron chi connectivity index (χ4n) is 2.83. The topological polar surface area (TPSA) is 23.8 Å². The third-order valence-electron chi connectivity index (χ3n) is 3.96. The molecule has 0 bridgehead atoms. The molecule has 3 rings (SSSR count). The van der Waals surface area contributed by atoms with Gasteiger partial charge in [0, 0.05) is 0 Å². The summed E-state index contributed by atoms with van der Waals surface area (Å²) in [6.45, 7) is 0. The zero-order chi connectivity index (χ0) is 11.0. The van der Waals surface area contributed by atoms with Gasteiger partial charge in [0.2, 0.25) is 0 Å². The van der Waals surface area contributed by atoms with Crippen molar-refractivity contribution in [1.29, 1.82) is 5.26 Å². The van der Waals surface area contributed by atoms with Crippen LogP contribution in [0.4, 0.5) is 0 Å². The van der Waals surface area contributed by atoms with E-state index in [9.17, 15) is 5.26 Å². The molecule has 1 aromatic rings. The quantitative estimate of drug-likeness (QED) is 0.733. The number of hydrogen-bond acceptors (Lipinski definition) is 1. The van der Waals surface area contributed by atoms with Gasteiger partial charge in [-0.25, -0.2) is 0 Å². The standard InChI is InChI=1S/C15H17N/c16-10-15(12-6-7-12)14-8-5-11-3-1-2-4-13(11)9-14/h5,8-9,12,15H,1-4,6-7H2. The lowest BCUT2D eigenvalue weighted by Crippen LogP contribution is -2.05. The first kappa shape index (κ1) is 9.90. The summed E-state index contributed by atoms with van der Waals surface area (Å²) in [6, 6.07) is 9.24. The highest BCUT2D eigenvalue weighted by atomic mass is 14.4. The molecular formula is C15H17N. The molecule has 82 valence electrons. The van der Waals surface area contributed by atoms with Gasteiger partial charge in [0.1, 0.15) is 0 Å². The largest absolute Gasteiger partial charge is 0.198 e. The molecule has 1 atom stereocenters. The molecule has 1 heteroatoms. The first-order valence-electron chi connectivity index (χ1n) is 6.40. The number of nitrogens with zero attached hydrogens (tertiary/aromatic N) is 1. The van der Waals surface area contributed by atoms with E-state index in [0.29, 0.717) is 5.92 Å². The minimum absolute atomic E-state index is 0.159. The average Bonchev–Trinajstić information content (AvgIpc) is 3.14. The van der Waals surface area contributed by atoms with E-state index >= 15 is 0 Å². The lowest BCUT2D eigenvalue weighted by molar-refractivity contribution is 0.678. The Labute approximate surface area is 97.1 Å². The van der Waals surface area contributed by atoms with Crippen molar-refractivity contribution < 1.29 is 0 Å². The lowest BCUT2D eigenvalue weighted by Gasteiger charge is -2.18. The maximum Gasteiger partial charge on any atom is 0.0741 e. The molecule has 2 aliphatic rings. The molecule has 0 saturated heterocycles. The molecule has 0 radical (unpaired) electrons. The maximum absolute atomic E-state index is 9.24. The van der Waals surface area contributed by atoms with E-state index in [4.69, 9.17) is 0 Å². The Balaban J connectivity index is 1.93. The van der Waals surface area contributed by atoms with Gasteiger partial charge in [-0.15, -0.1) is 0 Å². The number of benzene rings is 1. The van der Waals surface area contributed by atoms with E-state index < -0.39 is 0 Å². The zero-order valence-corrected chi connectivity index (χ0v) is 9.58. The number of hydrogen-bond donors (Lipinski definition) is 0. The first-order chi connectivity index (χ1) is 7.88. The van der Waals surface area contributed by atoms with Crippen LogP contribution in [-0.4, -0.2) is 0 Å². The van der Waals surface area contributed by atoms with Crippen molar-refractivity contribution >= 4 is 0 Å². The Kier molecular flexibility index (Phi) is 2.44. The second-order valence-corrected chi connectivity index (χ2v) is 5.18. The third kappa shape index (κ3) is 1.73. The Morgan fingerprint density at radius 1 is 1.12 bits per heavy atom. The maximum atomic E-state index is 9.24. The summed E-state index contributed by atoms with van der Waals surface area (Å²) < 4.78 is 0. The van der Waals surface area contributed by atoms with Gasteiger partial charge in [0.05, 0.1) is 12.0 Å². The van der Waals surface area contributed by atoms with Crippen molar-refractivity contribution in [3.8, 4) is 6.07 Å². The third-order valence-corrected chi connectivity index (χ3v) is 3.96. The summed E-state index contributed by atoms with van der Waals surface area (Å²) in [5.41, 5.74) is 4.29. The number of aryl methyl sites for hydroxylation is 2. The molecule has 0 amide bonds. The van der Waals surface area contributed by atoms with Gasteiger partial charge >= 0.3 is 0 Å². The Morgan fingerprint density at radius 2 is 1.88 bits per heavy atom. The fraction of sp³-hybridized carbons (Fsp3) is 0.533.